The lowest BCUT2D eigenvalue weighted by atomic mass is 9.36. The van der Waals surface area contributed by atoms with Crippen LogP contribution in [0, 0.1) is 62.6 Å². The van der Waals surface area contributed by atoms with E-state index in [0.717, 1.165) is 69.7 Å². The second-order valence-corrected chi connectivity index (χ2v) is 20.5. The van der Waals surface area contributed by atoms with Gasteiger partial charge in [0.05, 0.1) is 11.8 Å². The Morgan fingerprint density at radius 2 is 1.62 bits per heavy atom. The van der Waals surface area contributed by atoms with Crippen LogP contribution in [0.25, 0.3) is 0 Å². The van der Waals surface area contributed by atoms with E-state index in [-0.39, 0.29) is 46.0 Å². The van der Waals surface area contributed by atoms with Crippen molar-refractivity contribution in [1.82, 2.24) is 10.2 Å². The number of fused-ring (bicyclic) bond motifs is 7. The molecule has 8 heteroatoms. The predicted molar refractivity (Wildman–Crippen MR) is 203 cm³/mol. The number of carboxylic acids is 1. The van der Waals surface area contributed by atoms with Crippen molar-refractivity contribution in [1.29, 1.82) is 0 Å². The monoisotopic (exact) mass is 723 g/mol. The molecule has 6 rings (SSSR count). The van der Waals surface area contributed by atoms with Gasteiger partial charge in [0.15, 0.2) is 5.78 Å². The number of ketones is 1. The van der Waals surface area contributed by atoms with Gasteiger partial charge < -0.3 is 20.1 Å². The predicted octanol–water partition coefficient (Wildman–Crippen LogP) is 8.23. The maximum absolute atomic E-state index is 14.0. The van der Waals surface area contributed by atoms with Gasteiger partial charge in [0.2, 0.25) is 5.91 Å². The Bertz CT molecular complexity index is 1460. The molecule has 0 bridgehead atoms. The lowest BCUT2D eigenvalue weighted by Gasteiger charge is -2.69. The largest absolute Gasteiger partial charge is 0.481 e. The quantitative estimate of drug-likeness (QED) is 0.184. The molecular weight excluding hydrogens is 652 g/mol. The summed E-state index contributed by atoms with van der Waals surface area (Å²) in [6.07, 6.45) is 12.8. The van der Waals surface area contributed by atoms with Crippen LogP contribution in [0.5, 0.6) is 0 Å². The number of amides is 1. The number of ether oxygens (including phenoxy) is 1. The number of nitrogens with one attached hydrogen (secondary N) is 1. The molecule has 8 unspecified atom stereocenters. The summed E-state index contributed by atoms with van der Waals surface area (Å²) in [5.41, 5.74) is 1.68. The molecule has 0 radical (unpaired) electrons. The van der Waals surface area contributed by atoms with Crippen molar-refractivity contribution in [3.8, 4) is 0 Å². The van der Waals surface area contributed by atoms with E-state index in [2.05, 4.69) is 51.8 Å². The molecule has 8 nitrogen and oxygen atoms in total. The van der Waals surface area contributed by atoms with Gasteiger partial charge in [0.25, 0.3) is 0 Å². The maximum Gasteiger partial charge on any atom is 0.309 e. The number of allylic oxidation sites excluding steroid dienone is 2. The molecule has 5 fully saturated rings. The van der Waals surface area contributed by atoms with Crippen LogP contribution >= 0.6 is 0 Å². The van der Waals surface area contributed by atoms with Crippen molar-refractivity contribution >= 4 is 23.6 Å². The lowest BCUT2D eigenvalue weighted by Crippen LogP contribution is -2.63. The summed E-state index contributed by atoms with van der Waals surface area (Å²) >= 11 is 0. The first kappa shape index (κ1) is 39.5. The average molecular weight is 723 g/mol. The summed E-state index contributed by atoms with van der Waals surface area (Å²) in [6.45, 7) is 22.7. The van der Waals surface area contributed by atoms with Crippen LogP contribution in [-0.4, -0.2) is 65.9 Å². The summed E-state index contributed by atoms with van der Waals surface area (Å²) in [4.78, 5) is 53.1. The molecule has 0 aromatic rings. The molecule has 52 heavy (non-hydrogen) atoms. The zero-order valence-electron chi connectivity index (χ0n) is 34.0. The normalized spacial score (nSPS) is 36.9. The number of aliphatic carboxylic acids is 1. The molecule has 8 atom stereocenters. The van der Waals surface area contributed by atoms with Crippen molar-refractivity contribution in [3.63, 3.8) is 0 Å². The van der Waals surface area contributed by atoms with Gasteiger partial charge in [-0.3, -0.25) is 19.2 Å². The first-order valence-electron chi connectivity index (χ1n) is 20.9. The van der Waals surface area contributed by atoms with Gasteiger partial charge in [-0.05, 0) is 143 Å². The summed E-state index contributed by atoms with van der Waals surface area (Å²) in [5, 5.41) is 12.6. The summed E-state index contributed by atoms with van der Waals surface area (Å²) in [5.74, 6) is 2.12. The first-order valence-corrected chi connectivity index (χ1v) is 20.9. The smallest absolute Gasteiger partial charge is 0.309 e. The molecule has 0 saturated heterocycles. The molecule has 0 heterocycles. The molecule has 0 aliphatic heterocycles. The van der Waals surface area contributed by atoms with E-state index in [1.807, 2.05) is 0 Å². The minimum atomic E-state index is -1.15. The number of rotatable bonds is 13. The zero-order valence-corrected chi connectivity index (χ0v) is 34.0. The third kappa shape index (κ3) is 7.05. The molecular formula is C44H70N2O6. The fourth-order valence-electron chi connectivity index (χ4n) is 13.3. The van der Waals surface area contributed by atoms with Crippen molar-refractivity contribution in [2.45, 2.75) is 152 Å². The van der Waals surface area contributed by atoms with Gasteiger partial charge >= 0.3 is 11.9 Å². The fourth-order valence-corrected chi connectivity index (χ4v) is 13.3. The number of nitrogens with zero attached hydrogens (tertiary/aromatic N) is 1. The van der Waals surface area contributed by atoms with Gasteiger partial charge in [0, 0.05) is 43.8 Å². The summed E-state index contributed by atoms with van der Waals surface area (Å²) < 4.78 is 6.17. The van der Waals surface area contributed by atoms with E-state index in [4.69, 9.17) is 4.74 Å². The van der Waals surface area contributed by atoms with Crippen molar-refractivity contribution in [3.05, 3.63) is 11.1 Å². The van der Waals surface area contributed by atoms with Crippen LogP contribution in [0.1, 0.15) is 146 Å². The van der Waals surface area contributed by atoms with Crippen LogP contribution in [0.4, 0.5) is 0 Å². The topological polar surface area (TPSA) is 113 Å². The van der Waals surface area contributed by atoms with E-state index in [0.29, 0.717) is 42.4 Å². The Kier molecular flexibility index (Phi) is 10.7. The van der Waals surface area contributed by atoms with E-state index in [1.165, 1.54) is 32.1 Å². The molecule has 292 valence electrons. The highest BCUT2D eigenvalue weighted by Gasteiger charge is 2.66. The second-order valence-electron chi connectivity index (χ2n) is 20.5. The molecule has 6 aliphatic carbocycles. The van der Waals surface area contributed by atoms with Gasteiger partial charge in [-0.2, -0.15) is 0 Å². The number of hydrogen-bond acceptors (Lipinski definition) is 6. The Labute approximate surface area is 314 Å². The second kappa shape index (κ2) is 14.1. The van der Waals surface area contributed by atoms with E-state index < -0.39 is 17.4 Å². The SMILES string of the molecule is CC(=O)NCCN(CCC12CCC3C(CCC4C3(C)CCC3C(C)(C)C(OC(=O)CC(C)(C)C(=O)O)CCC34C)C1=C(C(C)C)C(=O)C2)CC1CC1. The lowest BCUT2D eigenvalue weighted by molar-refractivity contribution is -0.214. The number of carbonyl (C=O) groups is 4. The molecule has 0 aromatic carbocycles. The summed E-state index contributed by atoms with van der Waals surface area (Å²) in [7, 11) is 0. The van der Waals surface area contributed by atoms with Crippen molar-refractivity contribution < 1.29 is 29.0 Å². The number of Topliss-reactive ketones (excluding diaryl/α,β-unsaturated/α-hetero) is 1. The van der Waals surface area contributed by atoms with Crippen molar-refractivity contribution in [2.24, 2.45) is 62.6 Å². The number of carboxylic acid groups (broad SMARTS) is 1. The summed E-state index contributed by atoms with van der Waals surface area (Å²) in [6, 6.07) is 0. The highest BCUT2D eigenvalue weighted by molar-refractivity contribution is 6.00. The highest BCUT2D eigenvalue weighted by atomic mass is 16.5. The molecule has 0 spiro atoms. The molecule has 2 N–H and O–H groups in total. The Balaban J connectivity index is 1.22. The van der Waals surface area contributed by atoms with E-state index in [1.54, 1.807) is 26.3 Å². The standard InChI is InChI=1S/C44H70N2O6/c1-27(2)37-32(48)24-44(20-22-46(26-29-10-11-29)23-21-45-28(3)47)19-14-31-30(38(37)44)12-13-34-42(31,8)17-15-33-41(6,7)35(16-18-43(33,34)9)52-36(49)25-40(4,5)39(50)51/h27,29-31,33-35H,10-26H2,1-9H3,(H,45,47)(H,50,51). The Morgan fingerprint density at radius 1 is 0.923 bits per heavy atom. The average Bonchev–Trinajstić information content (AvgIpc) is 3.79. The number of esters is 1. The van der Waals surface area contributed by atoms with E-state index in [9.17, 15) is 24.3 Å². The maximum atomic E-state index is 14.0. The third-order valence-electron chi connectivity index (χ3n) is 16.0. The van der Waals surface area contributed by atoms with E-state index >= 15 is 0 Å². The highest BCUT2D eigenvalue weighted by Crippen LogP contribution is 2.73. The third-order valence-corrected chi connectivity index (χ3v) is 16.0. The Hall–Kier alpha value is -2.22. The Morgan fingerprint density at radius 3 is 2.25 bits per heavy atom. The van der Waals surface area contributed by atoms with Gasteiger partial charge in [-0.25, -0.2) is 0 Å². The van der Waals surface area contributed by atoms with Crippen LogP contribution < -0.4 is 5.32 Å². The van der Waals surface area contributed by atoms with Crippen LogP contribution in [-0.2, 0) is 23.9 Å². The van der Waals surface area contributed by atoms with Gasteiger partial charge in [-0.1, -0.05) is 47.1 Å². The van der Waals surface area contributed by atoms with Crippen LogP contribution in [0.3, 0.4) is 0 Å². The number of carbonyl (C=O) groups excluding carboxylic acids is 3. The fraction of sp³-hybridized carbons (Fsp3) is 0.864. The molecule has 0 aromatic heterocycles. The first-order chi connectivity index (χ1) is 24.2. The van der Waals surface area contributed by atoms with Crippen LogP contribution in [0.15, 0.2) is 11.1 Å². The van der Waals surface area contributed by atoms with Gasteiger partial charge in [0.1, 0.15) is 6.10 Å². The number of hydrogen-bond donors (Lipinski definition) is 2. The molecule has 6 aliphatic rings. The van der Waals surface area contributed by atoms with Gasteiger partial charge in [-0.15, -0.1) is 0 Å². The minimum Gasteiger partial charge on any atom is -0.481 e. The zero-order chi connectivity index (χ0) is 38.0. The molecule has 1 amide bonds. The minimum absolute atomic E-state index is 0.0283. The van der Waals surface area contributed by atoms with Crippen molar-refractivity contribution in [2.75, 3.05) is 26.2 Å². The van der Waals surface area contributed by atoms with Crippen LogP contribution in [0.2, 0.25) is 0 Å². The molecule has 5 saturated carbocycles.